The van der Waals surface area contributed by atoms with Crippen molar-refractivity contribution in [2.45, 2.75) is 33.0 Å². The van der Waals surface area contributed by atoms with E-state index in [2.05, 4.69) is 66.7 Å². The minimum absolute atomic E-state index is 0.144. The molecule has 0 unspecified atom stereocenters. The van der Waals surface area contributed by atoms with Crippen LogP contribution in [0.4, 0.5) is 0 Å². The summed E-state index contributed by atoms with van der Waals surface area (Å²) < 4.78 is 7.97. The van der Waals surface area contributed by atoms with E-state index >= 15 is 0 Å². The van der Waals surface area contributed by atoms with Crippen LogP contribution in [0, 0.1) is 0 Å². The zero-order chi connectivity index (χ0) is 18.9. The molecule has 4 nitrogen and oxygen atoms in total. The van der Waals surface area contributed by atoms with Crippen LogP contribution in [0.25, 0.3) is 28.0 Å². The highest BCUT2D eigenvalue weighted by Crippen LogP contribution is 2.24. The molecule has 4 aromatic rings. The predicted molar refractivity (Wildman–Crippen MR) is 108 cm³/mol. The van der Waals surface area contributed by atoms with Crippen LogP contribution in [-0.4, -0.2) is 20.0 Å². The molecule has 27 heavy (non-hydrogen) atoms. The Hall–Kier alpha value is -2.98. The smallest absolute Gasteiger partial charge is 0.137 e. The van der Waals surface area contributed by atoms with Gasteiger partial charge in [-0.25, -0.2) is 4.98 Å². The van der Waals surface area contributed by atoms with Crippen molar-refractivity contribution >= 4 is 5.65 Å². The second kappa shape index (κ2) is 6.97. The Kier molecular flexibility index (Phi) is 4.50. The Balaban J connectivity index is 1.64. The summed E-state index contributed by atoms with van der Waals surface area (Å²) in [6, 6.07) is 16.6. The second-order valence-electron chi connectivity index (χ2n) is 7.65. The lowest BCUT2D eigenvalue weighted by Gasteiger charge is -2.19. The molecule has 0 saturated carbocycles. The number of ether oxygens (including phenoxy) is 1. The van der Waals surface area contributed by atoms with Crippen LogP contribution in [0.1, 0.15) is 26.3 Å². The molecule has 0 aliphatic carbocycles. The first-order chi connectivity index (χ1) is 13.0. The van der Waals surface area contributed by atoms with Crippen molar-refractivity contribution in [1.29, 1.82) is 0 Å². The van der Waals surface area contributed by atoms with Crippen molar-refractivity contribution in [3.05, 3.63) is 78.9 Å². The predicted octanol–water partition coefficient (Wildman–Crippen LogP) is 5.38. The van der Waals surface area contributed by atoms with Crippen LogP contribution in [0.15, 0.2) is 73.3 Å². The number of imidazole rings is 1. The summed E-state index contributed by atoms with van der Waals surface area (Å²) >= 11 is 0. The lowest BCUT2D eigenvalue weighted by Crippen LogP contribution is -2.18. The van der Waals surface area contributed by atoms with Crippen LogP contribution in [-0.2, 0) is 11.3 Å². The maximum atomic E-state index is 5.91. The molecular formula is C23H23N3O. The molecule has 1 aromatic carbocycles. The first-order valence-electron chi connectivity index (χ1n) is 9.10. The van der Waals surface area contributed by atoms with Crippen molar-refractivity contribution in [1.82, 2.24) is 14.4 Å². The topological polar surface area (TPSA) is 39.4 Å². The summed E-state index contributed by atoms with van der Waals surface area (Å²) in [6.07, 6.45) is 7.77. The summed E-state index contributed by atoms with van der Waals surface area (Å²) in [4.78, 5) is 8.87. The van der Waals surface area contributed by atoms with E-state index in [9.17, 15) is 0 Å². The number of benzene rings is 1. The van der Waals surface area contributed by atoms with Gasteiger partial charge in [-0.05, 0) is 67.8 Å². The fourth-order valence-electron chi connectivity index (χ4n) is 2.96. The fourth-order valence-corrected chi connectivity index (χ4v) is 2.96. The normalized spacial score (nSPS) is 11.8. The third-order valence-corrected chi connectivity index (χ3v) is 4.34. The first kappa shape index (κ1) is 17.4. The van der Waals surface area contributed by atoms with Gasteiger partial charge in [-0.1, -0.05) is 18.2 Å². The molecule has 0 amide bonds. The molecule has 3 aromatic heterocycles. The van der Waals surface area contributed by atoms with Crippen molar-refractivity contribution in [3.63, 3.8) is 0 Å². The third-order valence-electron chi connectivity index (χ3n) is 4.34. The zero-order valence-electron chi connectivity index (χ0n) is 15.9. The Morgan fingerprint density at radius 2 is 1.78 bits per heavy atom. The lowest BCUT2D eigenvalue weighted by molar-refractivity contribution is -0.0149. The van der Waals surface area contributed by atoms with E-state index in [1.807, 2.05) is 30.6 Å². The third kappa shape index (κ3) is 4.07. The molecular weight excluding hydrogens is 334 g/mol. The maximum absolute atomic E-state index is 5.91. The molecule has 0 spiro atoms. The summed E-state index contributed by atoms with van der Waals surface area (Å²) in [7, 11) is 0. The molecule has 4 heteroatoms. The molecule has 0 atom stereocenters. The SMILES string of the molecule is CC(C)(C)OCc1cccc(-c2ccc3nc(-c4cccnc4)cn3c2)c1. The number of pyridine rings is 2. The molecule has 4 rings (SSSR count). The Morgan fingerprint density at radius 3 is 2.56 bits per heavy atom. The first-order valence-corrected chi connectivity index (χ1v) is 9.10. The Morgan fingerprint density at radius 1 is 0.926 bits per heavy atom. The van der Waals surface area contributed by atoms with Gasteiger partial charge in [0.25, 0.3) is 0 Å². The van der Waals surface area contributed by atoms with Gasteiger partial charge in [0.05, 0.1) is 17.9 Å². The fraction of sp³-hybridized carbons (Fsp3) is 0.217. The average Bonchev–Trinajstić information content (AvgIpc) is 3.10. The highest BCUT2D eigenvalue weighted by molar-refractivity contribution is 5.67. The molecule has 0 saturated heterocycles. The molecule has 136 valence electrons. The number of hydrogen-bond donors (Lipinski definition) is 0. The summed E-state index contributed by atoms with van der Waals surface area (Å²) in [5.74, 6) is 0. The molecule has 0 bridgehead atoms. The molecule has 3 heterocycles. The summed E-state index contributed by atoms with van der Waals surface area (Å²) in [6.45, 7) is 6.83. The van der Waals surface area contributed by atoms with Gasteiger partial charge in [0.15, 0.2) is 0 Å². The van der Waals surface area contributed by atoms with E-state index < -0.39 is 0 Å². The van der Waals surface area contributed by atoms with Gasteiger partial charge in [-0.15, -0.1) is 0 Å². The quantitative estimate of drug-likeness (QED) is 0.492. The molecule has 0 aliphatic heterocycles. The van der Waals surface area contributed by atoms with Crippen molar-refractivity contribution in [3.8, 4) is 22.4 Å². The average molecular weight is 357 g/mol. The van der Waals surface area contributed by atoms with Crippen LogP contribution in [0.2, 0.25) is 0 Å². The van der Waals surface area contributed by atoms with Crippen molar-refractivity contribution in [2.75, 3.05) is 0 Å². The number of hydrogen-bond acceptors (Lipinski definition) is 3. The van der Waals surface area contributed by atoms with E-state index in [1.165, 1.54) is 11.1 Å². The summed E-state index contributed by atoms with van der Waals surface area (Å²) in [5, 5.41) is 0. The summed E-state index contributed by atoms with van der Waals surface area (Å²) in [5.41, 5.74) is 6.21. The maximum Gasteiger partial charge on any atom is 0.137 e. The van der Waals surface area contributed by atoms with Gasteiger partial charge in [0.1, 0.15) is 5.65 Å². The second-order valence-corrected chi connectivity index (χ2v) is 7.65. The number of aromatic nitrogens is 3. The van der Waals surface area contributed by atoms with Crippen LogP contribution in [0.5, 0.6) is 0 Å². The van der Waals surface area contributed by atoms with Gasteiger partial charge in [0, 0.05) is 30.4 Å². The van der Waals surface area contributed by atoms with Gasteiger partial charge >= 0.3 is 0 Å². The van der Waals surface area contributed by atoms with E-state index in [4.69, 9.17) is 9.72 Å². The van der Waals surface area contributed by atoms with Crippen LogP contribution in [0.3, 0.4) is 0 Å². The monoisotopic (exact) mass is 357 g/mol. The Bertz CT molecular complexity index is 1060. The zero-order valence-corrected chi connectivity index (χ0v) is 15.9. The highest BCUT2D eigenvalue weighted by atomic mass is 16.5. The van der Waals surface area contributed by atoms with Crippen LogP contribution >= 0.6 is 0 Å². The van der Waals surface area contributed by atoms with Gasteiger partial charge in [0.2, 0.25) is 0 Å². The standard InChI is InChI=1S/C23H23N3O/c1-23(2,3)27-16-17-6-4-7-18(12-17)20-9-10-22-25-21(15-26(22)14-20)19-8-5-11-24-13-19/h4-15H,16H2,1-3H3. The van der Waals surface area contributed by atoms with E-state index in [-0.39, 0.29) is 5.60 Å². The number of nitrogens with zero attached hydrogens (tertiary/aromatic N) is 3. The minimum atomic E-state index is -0.144. The van der Waals surface area contributed by atoms with Gasteiger partial charge < -0.3 is 9.14 Å². The largest absolute Gasteiger partial charge is 0.371 e. The van der Waals surface area contributed by atoms with Crippen molar-refractivity contribution in [2.24, 2.45) is 0 Å². The molecule has 0 aliphatic rings. The molecule has 0 radical (unpaired) electrons. The van der Waals surface area contributed by atoms with Crippen LogP contribution < -0.4 is 0 Å². The Labute approximate surface area is 159 Å². The van der Waals surface area contributed by atoms with E-state index in [1.54, 1.807) is 6.20 Å². The molecule has 0 fully saturated rings. The number of fused-ring (bicyclic) bond motifs is 1. The number of rotatable bonds is 4. The highest BCUT2D eigenvalue weighted by Gasteiger charge is 2.11. The molecule has 0 N–H and O–H groups in total. The van der Waals surface area contributed by atoms with Crippen molar-refractivity contribution < 1.29 is 4.74 Å². The van der Waals surface area contributed by atoms with E-state index in [0.717, 1.165) is 22.5 Å². The minimum Gasteiger partial charge on any atom is -0.371 e. The lowest BCUT2D eigenvalue weighted by atomic mass is 10.0. The van der Waals surface area contributed by atoms with Gasteiger partial charge in [-0.2, -0.15) is 0 Å². The van der Waals surface area contributed by atoms with Gasteiger partial charge in [-0.3, -0.25) is 4.98 Å². The van der Waals surface area contributed by atoms with E-state index in [0.29, 0.717) is 6.61 Å².